The minimum Gasteiger partial charge on any atom is -0.469 e. The predicted octanol–water partition coefficient (Wildman–Crippen LogP) is 0.322. The van der Waals surface area contributed by atoms with Crippen LogP contribution in [0.25, 0.3) is 0 Å². The monoisotopic (exact) mass is 224 g/mol. The van der Waals surface area contributed by atoms with Gasteiger partial charge in [-0.05, 0) is 12.8 Å². The molecule has 0 saturated carbocycles. The van der Waals surface area contributed by atoms with Gasteiger partial charge < -0.3 is 4.74 Å². The van der Waals surface area contributed by atoms with Crippen molar-refractivity contribution < 1.29 is 22.3 Å². The van der Waals surface area contributed by atoms with E-state index in [1.165, 1.54) is 7.11 Å². The Labute approximate surface area is 82.4 Å². The number of methoxy groups -OCH3 is 1. The number of ether oxygens (including phenoxy) is 1. The van der Waals surface area contributed by atoms with Crippen molar-refractivity contribution in [3.8, 4) is 0 Å². The maximum absolute atomic E-state index is 13.3. The van der Waals surface area contributed by atoms with Crippen molar-refractivity contribution >= 4 is 15.8 Å². The topological polar surface area (TPSA) is 60.4 Å². The highest BCUT2D eigenvalue weighted by Crippen LogP contribution is 2.23. The number of alkyl halides is 1. The van der Waals surface area contributed by atoms with Crippen LogP contribution in [0.3, 0.4) is 0 Å². The van der Waals surface area contributed by atoms with Gasteiger partial charge in [-0.2, -0.15) is 0 Å². The molecule has 0 unspecified atom stereocenters. The first-order chi connectivity index (χ1) is 6.46. The van der Waals surface area contributed by atoms with Gasteiger partial charge in [0.1, 0.15) is 16.0 Å². The summed E-state index contributed by atoms with van der Waals surface area (Å²) in [5, 5.41) is 0. The summed E-state index contributed by atoms with van der Waals surface area (Å²) < 4.78 is 40.0. The van der Waals surface area contributed by atoms with E-state index in [9.17, 15) is 17.6 Å². The first kappa shape index (κ1) is 11.4. The molecule has 0 bridgehead atoms. The van der Waals surface area contributed by atoms with Gasteiger partial charge in [-0.3, -0.25) is 4.79 Å². The highest BCUT2D eigenvalue weighted by atomic mass is 32.2. The molecule has 0 aromatic rings. The first-order valence-electron chi connectivity index (χ1n) is 4.38. The van der Waals surface area contributed by atoms with Crippen molar-refractivity contribution in [2.45, 2.75) is 19.0 Å². The molecule has 0 amide bonds. The Morgan fingerprint density at radius 1 is 1.36 bits per heavy atom. The van der Waals surface area contributed by atoms with Crippen molar-refractivity contribution in [1.29, 1.82) is 0 Å². The van der Waals surface area contributed by atoms with Gasteiger partial charge in [0.15, 0.2) is 0 Å². The summed E-state index contributed by atoms with van der Waals surface area (Å²) in [6.07, 6.45) is -1.49. The third kappa shape index (κ3) is 2.67. The lowest BCUT2D eigenvalue weighted by atomic mass is 9.99. The van der Waals surface area contributed by atoms with Crippen molar-refractivity contribution in [2.24, 2.45) is 5.92 Å². The van der Waals surface area contributed by atoms with E-state index in [0.717, 1.165) is 0 Å². The summed E-state index contributed by atoms with van der Waals surface area (Å²) in [6.45, 7) is 0. The van der Waals surface area contributed by atoms with Crippen LogP contribution >= 0.6 is 0 Å². The lowest BCUT2D eigenvalue weighted by molar-refractivity contribution is -0.147. The molecule has 6 heteroatoms. The fraction of sp³-hybridized carbons (Fsp3) is 0.875. The van der Waals surface area contributed by atoms with Crippen LogP contribution in [-0.4, -0.2) is 39.2 Å². The Bertz CT molecular complexity index is 311. The number of rotatable bonds is 1. The molecule has 14 heavy (non-hydrogen) atoms. The van der Waals surface area contributed by atoms with Crippen LogP contribution in [0.4, 0.5) is 4.39 Å². The van der Waals surface area contributed by atoms with E-state index in [4.69, 9.17) is 0 Å². The SMILES string of the molecule is COC(=O)[C@@H]1CCS(=O)(=O)CC[C@H]1F. The van der Waals surface area contributed by atoms with Gasteiger partial charge >= 0.3 is 5.97 Å². The van der Waals surface area contributed by atoms with E-state index in [2.05, 4.69) is 4.74 Å². The summed E-state index contributed by atoms with van der Waals surface area (Å²) in [4.78, 5) is 11.1. The van der Waals surface area contributed by atoms with Crippen molar-refractivity contribution in [3.63, 3.8) is 0 Å². The van der Waals surface area contributed by atoms with E-state index in [1.807, 2.05) is 0 Å². The molecule has 0 aromatic heterocycles. The van der Waals surface area contributed by atoms with Gasteiger partial charge in [-0.25, -0.2) is 12.8 Å². The van der Waals surface area contributed by atoms with E-state index < -0.39 is 27.9 Å². The maximum Gasteiger partial charge on any atom is 0.311 e. The number of sulfone groups is 1. The van der Waals surface area contributed by atoms with E-state index in [1.54, 1.807) is 0 Å². The normalized spacial score (nSPS) is 31.9. The molecular formula is C8H13FO4S. The molecule has 1 aliphatic rings. The molecule has 4 nitrogen and oxygen atoms in total. The number of halogens is 1. The van der Waals surface area contributed by atoms with Crippen LogP contribution in [0, 0.1) is 5.92 Å². The Morgan fingerprint density at radius 2 is 1.93 bits per heavy atom. The molecule has 0 aromatic carbocycles. The highest BCUT2D eigenvalue weighted by Gasteiger charge is 2.34. The second-order valence-corrected chi connectivity index (χ2v) is 5.68. The van der Waals surface area contributed by atoms with E-state index in [0.29, 0.717) is 0 Å². The van der Waals surface area contributed by atoms with Gasteiger partial charge in [-0.1, -0.05) is 0 Å². The largest absolute Gasteiger partial charge is 0.469 e. The predicted molar refractivity (Wildman–Crippen MR) is 48.3 cm³/mol. The van der Waals surface area contributed by atoms with Crippen LogP contribution in [0.5, 0.6) is 0 Å². The molecule has 2 atom stereocenters. The zero-order valence-electron chi connectivity index (χ0n) is 7.90. The Balaban J connectivity index is 2.75. The third-order valence-electron chi connectivity index (χ3n) is 2.39. The summed E-state index contributed by atoms with van der Waals surface area (Å²) in [6, 6.07) is 0. The fourth-order valence-electron chi connectivity index (χ4n) is 1.50. The van der Waals surface area contributed by atoms with Crippen LogP contribution in [0.15, 0.2) is 0 Å². The highest BCUT2D eigenvalue weighted by molar-refractivity contribution is 7.91. The zero-order chi connectivity index (χ0) is 10.8. The summed E-state index contributed by atoms with van der Waals surface area (Å²) in [5.41, 5.74) is 0. The zero-order valence-corrected chi connectivity index (χ0v) is 8.72. The van der Waals surface area contributed by atoms with Crippen LogP contribution < -0.4 is 0 Å². The molecule has 1 heterocycles. The first-order valence-corrected chi connectivity index (χ1v) is 6.21. The number of hydrogen-bond acceptors (Lipinski definition) is 4. The lowest BCUT2D eigenvalue weighted by Gasteiger charge is -2.14. The third-order valence-corrected chi connectivity index (χ3v) is 4.10. The Hall–Kier alpha value is -0.650. The summed E-state index contributed by atoms with van der Waals surface area (Å²) in [7, 11) is -2.00. The Morgan fingerprint density at radius 3 is 2.50 bits per heavy atom. The minimum atomic E-state index is -3.17. The average molecular weight is 224 g/mol. The minimum absolute atomic E-state index is 0.0240. The molecule has 82 valence electrons. The molecular weight excluding hydrogens is 211 g/mol. The summed E-state index contributed by atoms with van der Waals surface area (Å²) >= 11 is 0. The molecule has 1 rings (SSSR count). The van der Waals surface area contributed by atoms with Crippen molar-refractivity contribution in [1.82, 2.24) is 0 Å². The molecule has 1 aliphatic heterocycles. The summed E-state index contributed by atoms with van der Waals surface area (Å²) in [5.74, 6) is -1.89. The number of hydrogen-bond donors (Lipinski definition) is 0. The number of carbonyl (C=O) groups is 1. The lowest BCUT2D eigenvalue weighted by Crippen LogP contribution is -2.26. The quantitative estimate of drug-likeness (QED) is 0.602. The average Bonchev–Trinajstić information content (AvgIpc) is 2.26. The molecule has 1 saturated heterocycles. The smallest absolute Gasteiger partial charge is 0.311 e. The molecule has 0 spiro atoms. The fourth-order valence-corrected chi connectivity index (χ4v) is 2.90. The van der Waals surface area contributed by atoms with Gasteiger partial charge in [0.2, 0.25) is 0 Å². The molecule has 0 N–H and O–H groups in total. The van der Waals surface area contributed by atoms with Crippen molar-refractivity contribution in [3.05, 3.63) is 0 Å². The molecule has 0 radical (unpaired) electrons. The van der Waals surface area contributed by atoms with Crippen LogP contribution in [0.1, 0.15) is 12.8 Å². The van der Waals surface area contributed by atoms with Gasteiger partial charge in [0.05, 0.1) is 24.5 Å². The maximum atomic E-state index is 13.3. The van der Waals surface area contributed by atoms with Gasteiger partial charge in [-0.15, -0.1) is 0 Å². The number of esters is 1. The van der Waals surface area contributed by atoms with Gasteiger partial charge in [0, 0.05) is 0 Å². The second kappa shape index (κ2) is 4.25. The molecule has 0 aliphatic carbocycles. The van der Waals surface area contributed by atoms with Crippen molar-refractivity contribution in [2.75, 3.05) is 18.6 Å². The number of carbonyl (C=O) groups excluding carboxylic acids is 1. The van der Waals surface area contributed by atoms with Crippen LogP contribution in [0.2, 0.25) is 0 Å². The van der Waals surface area contributed by atoms with Crippen LogP contribution in [-0.2, 0) is 19.4 Å². The Kier molecular flexibility index (Phi) is 3.47. The van der Waals surface area contributed by atoms with E-state index in [-0.39, 0.29) is 24.3 Å². The van der Waals surface area contributed by atoms with Gasteiger partial charge in [0.25, 0.3) is 0 Å². The standard InChI is InChI=1S/C8H13FO4S/c1-13-8(10)6-2-4-14(11,12)5-3-7(6)9/h6-7H,2-5H2,1H3/t6-,7-/m1/s1. The second-order valence-electron chi connectivity index (χ2n) is 3.37. The van der Waals surface area contributed by atoms with E-state index >= 15 is 0 Å². The molecule has 1 fully saturated rings.